The zero-order valence-corrected chi connectivity index (χ0v) is 9.50. The minimum atomic E-state index is 0.267. The number of nitrogens with zero attached hydrogens (tertiary/aromatic N) is 3. The third kappa shape index (κ3) is 1.30. The average molecular weight is 238 g/mol. The largest absolute Gasteiger partial charge is 0.336 e. The van der Waals surface area contributed by atoms with Crippen LogP contribution in [0.5, 0.6) is 0 Å². The fourth-order valence-electron chi connectivity index (χ4n) is 2.44. The van der Waals surface area contributed by atoms with Crippen LogP contribution in [0.3, 0.4) is 0 Å². The fourth-order valence-corrected chi connectivity index (χ4v) is 2.44. The highest BCUT2D eigenvalue weighted by Crippen LogP contribution is 2.37. The van der Waals surface area contributed by atoms with Crippen LogP contribution in [0.1, 0.15) is 23.5 Å². The standard InChI is InChI=1S/C13H10N4O/c1-2-12-9(6-15-17-12)5-8(1)10-3-4-14-13-11(10)7-16-18-13/h1-2,4-7,10H,3H2,(H,15,17). The second-order valence-electron chi connectivity index (χ2n) is 4.40. The van der Waals surface area contributed by atoms with Crippen molar-refractivity contribution in [3.8, 4) is 0 Å². The van der Waals surface area contributed by atoms with Gasteiger partial charge in [-0.15, -0.1) is 0 Å². The van der Waals surface area contributed by atoms with E-state index in [0.29, 0.717) is 5.88 Å². The summed E-state index contributed by atoms with van der Waals surface area (Å²) in [4.78, 5) is 4.21. The average Bonchev–Trinajstić information content (AvgIpc) is 3.05. The van der Waals surface area contributed by atoms with Crippen molar-refractivity contribution in [2.24, 2.45) is 4.99 Å². The first kappa shape index (κ1) is 9.58. The molecule has 1 atom stereocenters. The fraction of sp³-hybridized carbons (Fsp3) is 0.154. The van der Waals surface area contributed by atoms with Crippen LogP contribution in [-0.2, 0) is 0 Å². The first-order valence-corrected chi connectivity index (χ1v) is 5.82. The first-order valence-electron chi connectivity index (χ1n) is 5.82. The maximum absolute atomic E-state index is 5.11. The van der Waals surface area contributed by atoms with Gasteiger partial charge in [0.1, 0.15) is 0 Å². The molecular weight excluding hydrogens is 228 g/mol. The Hall–Kier alpha value is -2.43. The second kappa shape index (κ2) is 3.53. The molecule has 0 fully saturated rings. The van der Waals surface area contributed by atoms with Gasteiger partial charge in [0.15, 0.2) is 0 Å². The van der Waals surface area contributed by atoms with Gasteiger partial charge in [-0.1, -0.05) is 11.2 Å². The minimum absolute atomic E-state index is 0.267. The van der Waals surface area contributed by atoms with Crippen molar-refractivity contribution in [3.63, 3.8) is 0 Å². The van der Waals surface area contributed by atoms with E-state index >= 15 is 0 Å². The van der Waals surface area contributed by atoms with Gasteiger partial charge < -0.3 is 4.52 Å². The third-order valence-corrected chi connectivity index (χ3v) is 3.37. The number of aromatic nitrogens is 3. The minimum Gasteiger partial charge on any atom is -0.336 e. The Labute approximate surface area is 103 Å². The molecule has 1 aliphatic rings. The Bertz CT molecular complexity index is 740. The molecule has 1 unspecified atom stereocenters. The highest BCUT2D eigenvalue weighted by molar-refractivity contribution is 5.79. The van der Waals surface area contributed by atoms with Gasteiger partial charge >= 0.3 is 0 Å². The molecule has 0 saturated heterocycles. The number of hydrogen-bond donors (Lipinski definition) is 1. The predicted molar refractivity (Wildman–Crippen MR) is 67.2 cm³/mol. The van der Waals surface area contributed by atoms with Crippen LogP contribution in [-0.4, -0.2) is 21.6 Å². The van der Waals surface area contributed by atoms with Crippen molar-refractivity contribution in [3.05, 3.63) is 41.7 Å². The van der Waals surface area contributed by atoms with Crippen LogP contribution in [0.15, 0.2) is 40.1 Å². The Morgan fingerprint density at radius 3 is 3.28 bits per heavy atom. The van der Waals surface area contributed by atoms with E-state index in [2.05, 4.69) is 38.5 Å². The lowest BCUT2D eigenvalue weighted by molar-refractivity contribution is 0.428. The summed E-state index contributed by atoms with van der Waals surface area (Å²) >= 11 is 0. The molecule has 0 saturated carbocycles. The van der Waals surface area contributed by atoms with Crippen LogP contribution in [0.25, 0.3) is 10.9 Å². The van der Waals surface area contributed by atoms with E-state index < -0.39 is 0 Å². The van der Waals surface area contributed by atoms with Crippen LogP contribution in [0.2, 0.25) is 0 Å². The lowest BCUT2D eigenvalue weighted by Crippen LogP contribution is -2.04. The summed E-state index contributed by atoms with van der Waals surface area (Å²) in [6, 6.07) is 6.32. The van der Waals surface area contributed by atoms with Crippen molar-refractivity contribution in [1.29, 1.82) is 0 Å². The number of hydrogen-bond acceptors (Lipinski definition) is 4. The topological polar surface area (TPSA) is 67.1 Å². The molecule has 4 rings (SSSR count). The lowest BCUT2D eigenvalue weighted by atomic mass is 9.88. The monoisotopic (exact) mass is 238 g/mol. The smallest absolute Gasteiger partial charge is 0.253 e. The quantitative estimate of drug-likeness (QED) is 0.708. The number of fused-ring (bicyclic) bond motifs is 2. The van der Waals surface area contributed by atoms with E-state index in [4.69, 9.17) is 4.52 Å². The van der Waals surface area contributed by atoms with Gasteiger partial charge in [-0.2, -0.15) is 5.10 Å². The molecule has 0 aliphatic carbocycles. The highest BCUT2D eigenvalue weighted by Gasteiger charge is 2.23. The molecule has 5 nitrogen and oxygen atoms in total. The maximum Gasteiger partial charge on any atom is 0.253 e. The first-order chi connectivity index (χ1) is 8.92. The van der Waals surface area contributed by atoms with Gasteiger partial charge in [0.2, 0.25) is 0 Å². The SMILES string of the molecule is C1=Nc2oncc2C(c2ccc3[nH]ncc3c2)C1. The number of aliphatic imine (C=N–C) groups is 1. The van der Waals surface area contributed by atoms with Gasteiger partial charge in [0.05, 0.1) is 17.9 Å². The zero-order chi connectivity index (χ0) is 11.9. The Balaban J connectivity index is 1.85. The van der Waals surface area contributed by atoms with E-state index in [1.165, 1.54) is 5.56 Å². The Morgan fingerprint density at radius 2 is 2.28 bits per heavy atom. The second-order valence-corrected chi connectivity index (χ2v) is 4.40. The van der Waals surface area contributed by atoms with Crippen molar-refractivity contribution in [2.75, 3.05) is 0 Å². The molecule has 88 valence electrons. The maximum atomic E-state index is 5.11. The third-order valence-electron chi connectivity index (χ3n) is 3.37. The molecular formula is C13H10N4O. The van der Waals surface area contributed by atoms with Crippen LogP contribution < -0.4 is 0 Å². The summed E-state index contributed by atoms with van der Waals surface area (Å²) in [5, 5.41) is 11.9. The van der Waals surface area contributed by atoms with Crippen molar-refractivity contribution < 1.29 is 4.52 Å². The summed E-state index contributed by atoms with van der Waals surface area (Å²) in [5.41, 5.74) is 3.34. The normalized spacial score (nSPS) is 18.1. The molecule has 1 aromatic carbocycles. The molecule has 5 heteroatoms. The highest BCUT2D eigenvalue weighted by atomic mass is 16.5. The van der Waals surface area contributed by atoms with Gasteiger partial charge in [0, 0.05) is 23.1 Å². The summed E-state index contributed by atoms with van der Waals surface area (Å²) in [6.45, 7) is 0. The number of nitrogens with one attached hydrogen (secondary N) is 1. The molecule has 1 aliphatic heterocycles. The molecule has 18 heavy (non-hydrogen) atoms. The Morgan fingerprint density at radius 1 is 1.28 bits per heavy atom. The number of benzene rings is 1. The van der Waals surface area contributed by atoms with E-state index in [1.54, 1.807) is 6.20 Å². The summed E-state index contributed by atoms with van der Waals surface area (Å²) in [7, 11) is 0. The van der Waals surface area contributed by atoms with Crippen molar-refractivity contribution in [1.82, 2.24) is 15.4 Å². The van der Waals surface area contributed by atoms with Crippen LogP contribution in [0, 0.1) is 0 Å². The molecule has 3 aromatic rings. The van der Waals surface area contributed by atoms with Gasteiger partial charge in [0.25, 0.3) is 5.88 Å². The van der Waals surface area contributed by atoms with E-state index in [-0.39, 0.29) is 5.92 Å². The summed E-state index contributed by atoms with van der Waals surface area (Å²) in [5.74, 6) is 0.890. The molecule has 1 N–H and O–H groups in total. The van der Waals surface area contributed by atoms with E-state index in [9.17, 15) is 0 Å². The molecule has 2 aromatic heterocycles. The number of H-pyrrole nitrogens is 1. The molecule has 0 bridgehead atoms. The number of aromatic amines is 1. The molecule has 0 amide bonds. The van der Waals surface area contributed by atoms with Gasteiger partial charge in [-0.05, 0) is 24.1 Å². The van der Waals surface area contributed by atoms with Gasteiger partial charge in [-0.25, -0.2) is 4.99 Å². The van der Waals surface area contributed by atoms with Crippen LogP contribution in [0.4, 0.5) is 5.88 Å². The van der Waals surface area contributed by atoms with Crippen molar-refractivity contribution >= 4 is 23.0 Å². The summed E-state index contributed by atoms with van der Waals surface area (Å²) in [6.07, 6.45) is 6.36. The van der Waals surface area contributed by atoms with Crippen LogP contribution >= 0.6 is 0 Å². The molecule has 0 radical (unpaired) electrons. The predicted octanol–water partition coefficient (Wildman–Crippen LogP) is 2.79. The van der Waals surface area contributed by atoms with E-state index in [1.807, 2.05) is 12.4 Å². The summed E-state index contributed by atoms with van der Waals surface area (Å²) < 4.78 is 5.11. The molecule has 0 spiro atoms. The van der Waals surface area contributed by atoms with Gasteiger partial charge in [-0.3, -0.25) is 5.10 Å². The lowest BCUT2D eigenvalue weighted by Gasteiger charge is -2.16. The number of rotatable bonds is 1. The molecule has 3 heterocycles. The Kier molecular flexibility index (Phi) is 1.88. The zero-order valence-electron chi connectivity index (χ0n) is 9.50. The van der Waals surface area contributed by atoms with Crippen molar-refractivity contribution in [2.45, 2.75) is 12.3 Å². The van der Waals surface area contributed by atoms with E-state index in [0.717, 1.165) is 22.9 Å².